The number of anilines is 1. The topological polar surface area (TPSA) is 96.1 Å². The van der Waals surface area contributed by atoms with Gasteiger partial charge in [0.15, 0.2) is 5.82 Å². The number of rotatable bonds is 4. The summed E-state index contributed by atoms with van der Waals surface area (Å²) in [4.78, 5) is 28.8. The zero-order valence-corrected chi connectivity index (χ0v) is 9.45. The Morgan fingerprint density at radius 1 is 1.59 bits per heavy atom. The number of amides is 1. The summed E-state index contributed by atoms with van der Waals surface area (Å²) in [5.74, 6) is 0.594. The van der Waals surface area contributed by atoms with Gasteiger partial charge in [0.25, 0.3) is 5.56 Å². The van der Waals surface area contributed by atoms with Gasteiger partial charge in [-0.2, -0.15) is 0 Å². The largest absolute Gasteiger partial charge is 0.489 e. The second kappa shape index (κ2) is 4.86. The minimum absolute atomic E-state index is 0.0580. The fourth-order valence-corrected chi connectivity index (χ4v) is 1.75. The lowest BCUT2D eigenvalue weighted by Gasteiger charge is -2.13. The Labute approximate surface area is 97.6 Å². The number of hydrogen-bond donors (Lipinski definition) is 3. The SMILES string of the molecule is COc1c(NCC2CCC(=O)N2)nc[nH]c1=O. The molecule has 0 saturated carbocycles. The monoisotopic (exact) mass is 238 g/mol. The molecule has 7 nitrogen and oxygen atoms in total. The second-order valence-corrected chi connectivity index (χ2v) is 3.80. The molecule has 2 heterocycles. The molecule has 0 aliphatic carbocycles. The predicted molar refractivity (Wildman–Crippen MR) is 61.1 cm³/mol. The van der Waals surface area contributed by atoms with Crippen molar-refractivity contribution < 1.29 is 9.53 Å². The number of nitrogens with one attached hydrogen (secondary N) is 3. The Bertz CT molecular complexity index is 471. The van der Waals surface area contributed by atoms with E-state index >= 15 is 0 Å². The van der Waals surface area contributed by atoms with Crippen LogP contribution < -0.4 is 20.9 Å². The van der Waals surface area contributed by atoms with Crippen molar-refractivity contribution in [3.63, 3.8) is 0 Å². The van der Waals surface area contributed by atoms with Crippen LogP contribution in [-0.2, 0) is 4.79 Å². The van der Waals surface area contributed by atoms with Gasteiger partial charge in [-0.15, -0.1) is 0 Å². The van der Waals surface area contributed by atoms with E-state index in [0.717, 1.165) is 6.42 Å². The first-order valence-corrected chi connectivity index (χ1v) is 5.35. The summed E-state index contributed by atoms with van der Waals surface area (Å²) < 4.78 is 4.96. The summed E-state index contributed by atoms with van der Waals surface area (Å²) in [5, 5.41) is 5.82. The summed E-state index contributed by atoms with van der Waals surface area (Å²) in [6.07, 6.45) is 2.64. The van der Waals surface area contributed by atoms with Crippen molar-refractivity contribution in [3.05, 3.63) is 16.7 Å². The molecule has 17 heavy (non-hydrogen) atoms. The number of carbonyl (C=O) groups excluding carboxylic acids is 1. The highest BCUT2D eigenvalue weighted by atomic mass is 16.5. The third-order valence-electron chi connectivity index (χ3n) is 2.62. The third kappa shape index (κ3) is 2.55. The molecule has 0 aromatic carbocycles. The highest BCUT2D eigenvalue weighted by Crippen LogP contribution is 2.15. The molecule has 3 N–H and O–H groups in total. The van der Waals surface area contributed by atoms with Crippen LogP contribution >= 0.6 is 0 Å². The van der Waals surface area contributed by atoms with Crippen LogP contribution in [0.2, 0.25) is 0 Å². The summed E-state index contributed by atoms with van der Waals surface area (Å²) in [6.45, 7) is 0.526. The molecule has 1 saturated heterocycles. The van der Waals surface area contributed by atoms with E-state index in [1.165, 1.54) is 13.4 Å². The minimum Gasteiger partial charge on any atom is -0.489 e. The van der Waals surface area contributed by atoms with E-state index in [0.29, 0.717) is 18.8 Å². The molecular weight excluding hydrogens is 224 g/mol. The van der Waals surface area contributed by atoms with Gasteiger partial charge in [-0.3, -0.25) is 9.59 Å². The molecule has 2 rings (SSSR count). The van der Waals surface area contributed by atoms with Crippen LogP contribution in [0.3, 0.4) is 0 Å². The van der Waals surface area contributed by atoms with Crippen molar-refractivity contribution in [1.82, 2.24) is 15.3 Å². The first-order valence-electron chi connectivity index (χ1n) is 5.35. The maximum Gasteiger partial charge on any atom is 0.295 e. The van der Waals surface area contributed by atoms with Crippen LogP contribution in [0.4, 0.5) is 5.82 Å². The van der Waals surface area contributed by atoms with Crippen LogP contribution in [0.25, 0.3) is 0 Å². The standard InChI is InChI=1S/C10H14N4O3/c1-17-8-9(12-5-13-10(8)16)11-4-6-2-3-7(15)14-6/h5-6H,2-4H2,1H3,(H,14,15)(H2,11,12,13,16). The molecule has 1 aromatic rings. The van der Waals surface area contributed by atoms with Crippen LogP contribution in [0.5, 0.6) is 5.75 Å². The van der Waals surface area contributed by atoms with Crippen LogP contribution in [0, 0.1) is 0 Å². The van der Waals surface area contributed by atoms with Crippen LogP contribution in [0.1, 0.15) is 12.8 Å². The molecular formula is C10H14N4O3. The molecule has 7 heteroatoms. The number of methoxy groups -OCH3 is 1. The Balaban J connectivity index is 2.01. The van der Waals surface area contributed by atoms with Crippen LogP contribution in [0.15, 0.2) is 11.1 Å². The average molecular weight is 238 g/mol. The number of carbonyl (C=O) groups is 1. The summed E-state index contributed by atoms with van der Waals surface area (Å²) in [6, 6.07) is 0.0771. The van der Waals surface area contributed by atoms with E-state index in [9.17, 15) is 9.59 Å². The molecule has 1 aliphatic rings. The highest BCUT2D eigenvalue weighted by Gasteiger charge is 2.21. The fraction of sp³-hybridized carbons (Fsp3) is 0.500. The quantitative estimate of drug-likeness (QED) is 0.655. The van der Waals surface area contributed by atoms with E-state index in [1.54, 1.807) is 0 Å². The van der Waals surface area contributed by atoms with Gasteiger partial charge in [0, 0.05) is 19.0 Å². The summed E-state index contributed by atoms with van der Waals surface area (Å²) >= 11 is 0. The molecule has 1 aliphatic heterocycles. The number of H-pyrrole nitrogens is 1. The molecule has 1 atom stereocenters. The average Bonchev–Trinajstić information content (AvgIpc) is 2.72. The van der Waals surface area contributed by atoms with Crippen molar-refractivity contribution in [3.8, 4) is 5.75 Å². The van der Waals surface area contributed by atoms with Crippen molar-refractivity contribution in [2.24, 2.45) is 0 Å². The van der Waals surface area contributed by atoms with Gasteiger partial charge in [-0.05, 0) is 6.42 Å². The minimum atomic E-state index is -0.333. The number of aromatic nitrogens is 2. The number of aromatic amines is 1. The molecule has 1 unspecified atom stereocenters. The molecule has 1 fully saturated rings. The maximum absolute atomic E-state index is 11.4. The van der Waals surface area contributed by atoms with Crippen LogP contribution in [-0.4, -0.2) is 35.6 Å². The number of nitrogens with zero attached hydrogens (tertiary/aromatic N) is 1. The van der Waals surface area contributed by atoms with Gasteiger partial charge < -0.3 is 20.4 Å². The van der Waals surface area contributed by atoms with Crippen molar-refractivity contribution in [2.45, 2.75) is 18.9 Å². The first kappa shape index (κ1) is 11.4. The lowest BCUT2D eigenvalue weighted by molar-refractivity contribution is -0.119. The van der Waals surface area contributed by atoms with Gasteiger partial charge in [-0.1, -0.05) is 0 Å². The number of hydrogen-bond acceptors (Lipinski definition) is 5. The van der Waals surface area contributed by atoms with Gasteiger partial charge in [0.2, 0.25) is 11.7 Å². The molecule has 0 bridgehead atoms. The molecule has 1 aromatic heterocycles. The third-order valence-corrected chi connectivity index (χ3v) is 2.62. The predicted octanol–water partition coefficient (Wildman–Crippen LogP) is -0.531. The van der Waals surface area contributed by atoms with E-state index < -0.39 is 0 Å². The summed E-state index contributed by atoms with van der Waals surface area (Å²) in [7, 11) is 1.41. The first-order chi connectivity index (χ1) is 8.20. The van der Waals surface area contributed by atoms with E-state index in [1.807, 2.05) is 0 Å². The van der Waals surface area contributed by atoms with E-state index in [4.69, 9.17) is 4.74 Å². The van der Waals surface area contributed by atoms with Crippen molar-refractivity contribution in [1.29, 1.82) is 0 Å². The molecule has 1 amide bonds. The lowest BCUT2D eigenvalue weighted by atomic mass is 10.2. The Morgan fingerprint density at radius 2 is 2.41 bits per heavy atom. The molecule has 0 spiro atoms. The Morgan fingerprint density at radius 3 is 3.06 bits per heavy atom. The van der Waals surface area contributed by atoms with E-state index in [2.05, 4.69) is 20.6 Å². The second-order valence-electron chi connectivity index (χ2n) is 3.80. The van der Waals surface area contributed by atoms with Crippen molar-refractivity contribution in [2.75, 3.05) is 19.0 Å². The highest BCUT2D eigenvalue weighted by molar-refractivity contribution is 5.78. The number of ether oxygens (including phenoxy) is 1. The summed E-state index contributed by atoms with van der Waals surface area (Å²) in [5.41, 5.74) is -0.333. The van der Waals surface area contributed by atoms with Gasteiger partial charge in [-0.25, -0.2) is 4.98 Å². The van der Waals surface area contributed by atoms with Crippen molar-refractivity contribution >= 4 is 11.7 Å². The van der Waals surface area contributed by atoms with Gasteiger partial charge in [0.05, 0.1) is 13.4 Å². The Hall–Kier alpha value is -2.05. The van der Waals surface area contributed by atoms with Gasteiger partial charge in [0.1, 0.15) is 0 Å². The Kier molecular flexibility index (Phi) is 3.27. The smallest absolute Gasteiger partial charge is 0.295 e. The zero-order valence-electron chi connectivity index (χ0n) is 9.45. The molecule has 92 valence electrons. The zero-order chi connectivity index (χ0) is 12.3. The lowest BCUT2D eigenvalue weighted by Crippen LogP contribution is -2.32. The molecule has 0 radical (unpaired) electrons. The maximum atomic E-state index is 11.4. The normalized spacial score (nSPS) is 18.9. The fourth-order valence-electron chi connectivity index (χ4n) is 1.75. The van der Waals surface area contributed by atoms with E-state index in [-0.39, 0.29) is 23.3 Å². The van der Waals surface area contributed by atoms with Gasteiger partial charge >= 0.3 is 0 Å².